The van der Waals surface area contributed by atoms with Gasteiger partial charge in [-0.25, -0.2) is 0 Å². The Labute approximate surface area is 103 Å². The van der Waals surface area contributed by atoms with Crippen molar-refractivity contribution in [3.05, 3.63) is 29.8 Å². The van der Waals surface area contributed by atoms with E-state index >= 15 is 0 Å². The summed E-state index contributed by atoms with van der Waals surface area (Å²) in [6.45, 7) is 6.61. The fourth-order valence-corrected chi connectivity index (χ4v) is 1.93. The van der Waals surface area contributed by atoms with Crippen molar-refractivity contribution in [3.8, 4) is 5.75 Å². The van der Waals surface area contributed by atoms with Crippen LogP contribution < -0.4 is 4.74 Å². The molecule has 3 heteroatoms. The summed E-state index contributed by atoms with van der Waals surface area (Å²) >= 11 is 0. The van der Waals surface area contributed by atoms with Gasteiger partial charge in [0.15, 0.2) is 0 Å². The largest absolute Gasteiger partial charge is 0.496 e. The van der Waals surface area contributed by atoms with Crippen LogP contribution in [0.3, 0.4) is 0 Å². The van der Waals surface area contributed by atoms with Crippen LogP contribution in [0.1, 0.15) is 32.4 Å². The Bertz CT molecular complexity index is 336. The van der Waals surface area contributed by atoms with Crippen LogP contribution in [0.4, 0.5) is 0 Å². The van der Waals surface area contributed by atoms with Gasteiger partial charge < -0.3 is 14.6 Å². The third-order valence-electron chi connectivity index (χ3n) is 2.78. The fraction of sp³-hybridized carbons (Fsp3) is 0.571. The van der Waals surface area contributed by atoms with Gasteiger partial charge in [0, 0.05) is 12.2 Å². The maximum absolute atomic E-state index is 10.4. The van der Waals surface area contributed by atoms with Gasteiger partial charge in [-0.15, -0.1) is 0 Å². The van der Waals surface area contributed by atoms with Gasteiger partial charge >= 0.3 is 0 Å². The highest BCUT2D eigenvalue weighted by molar-refractivity contribution is 5.35. The van der Waals surface area contributed by atoms with E-state index in [9.17, 15) is 5.11 Å². The smallest absolute Gasteiger partial charge is 0.124 e. The highest BCUT2D eigenvalue weighted by atomic mass is 16.5. The van der Waals surface area contributed by atoms with Gasteiger partial charge in [-0.05, 0) is 18.9 Å². The van der Waals surface area contributed by atoms with Crippen LogP contribution in [-0.4, -0.2) is 24.9 Å². The number of ether oxygens (including phenoxy) is 2. The molecule has 3 nitrogen and oxygen atoms in total. The predicted molar refractivity (Wildman–Crippen MR) is 68.2 cm³/mol. The Morgan fingerprint density at radius 3 is 2.41 bits per heavy atom. The lowest BCUT2D eigenvalue weighted by molar-refractivity contribution is -0.0592. The zero-order valence-electron chi connectivity index (χ0n) is 11.0. The lowest BCUT2D eigenvalue weighted by Gasteiger charge is -2.27. The van der Waals surface area contributed by atoms with Crippen LogP contribution in [0.2, 0.25) is 0 Å². The quantitative estimate of drug-likeness (QED) is 0.828. The van der Waals surface area contributed by atoms with Crippen molar-refractivity contribution >= 4 is 0 Å². The Morgan fingerprint density at radius 2 is 1.88 bits per heavy atom. The molecule has 0 amide bonds. The Kier molecular flexibility index (Phi) is 5.45. The van der Waals surface area contributed by atoms with Crippen LogP contribution in [0.25, 0.3) is 0 Å². The normalized spacial score (nSPS) is 14.7. The summed E-state index contributed by atoms with van der Waals surface area (Å²) in [4.78, 5) is 0. The second-order valence-corrected chi connectivity index (χ2v) is 4.35. The van der Waals surface area contributed by atoms with E-state index in [2.05, 4.69) is 0 Å². The molecule has 1 N–H and O–H groups in total. The highest BCUT2D eigenvalue weighted by Gasteiger charge is 2.26. The van der Waals surface area contributed by atoms with Gasteiger partial charge in [0.05, 0.1) is 13.2 Å². The monoisotopic (exact) mass is 238 g/mol. The molecule has 0 spiro atoms. The summed E-state index contributed by atoms with van der Waals surface area (Å²) in [5, 5.41) is 10.4. The van der Waals surface area contributed by atoms with E-state index in [1.54, 1.807) is 7.11 Å². The van der Waals surface area contributed by atoms with Gasteiger partial charge in [-0.3, -0.25) is 0 Å². The lowest BCUT2D eigenvalue weighted by Crippen LogP contribution is -2.28. The molecule has 0 aliphatic carbocycles. The number of rotatable bonds is 6. The molecule has 1 aromatic carbocycles. The van der Waals surface area contributed by atoms with Crippen molar-refractivity contribution in [1.82, 2.24) is 0 Å². The van der Waals surface area contributed by atoms with Crippen molar-refractivity contribution in [1.29, 1.82) is 0 Å². The first-order valence-electron chi connectivity index (χ1n) is 6.04. The molecule has 0 bridgehead atoms. The summed E-state index contributed by atoms with van der Waals surface area (Å²) < 4.78 is 10.9. The summed E-state index contributed by atoms with van der Waals surface area (Å²) in [5.41, 5.74) is 0.780. The van der Waals surface area contributed by atoms with Crippen LogP contribution in [0.5, 0.6) is 5.75 Å². The van der Waals surface area contributed by atoms with Crippen molar-refractivity contribution in [3.63, 3.8) is 0 Å². The summed E-state index contributed by atoms with van der Waals surface area (Å²) in [7, 11) is 1.61. The van der Waals surface area contributed by atoms with E-state index in [0.29, 0.717) is 12.4 Å². The average Bonchev–Trinajstić information content (AvgIpc) is 2.34. The molecule has 1 rings (SSSR count). The molecule has 1 aromatic rings. The number of hydrogen-bond donors (Lipinski definition) is 1. The van der Waals surface area contributed by atoms with E-state index in [0.717, 1.165) is 5.56 Å². The first-order valence-corrected chi connectivity index (χ1v) is 6.04. The zero-order chi connectivity index (χ0) is 12.8. The SMILES string of the molecule is CCOC(C(C)C)C(O)c1ccccc1OC. The number of para-hydroxylation sites is 1. The molecule has 0 aliphatic heterocycles. The molecule has 17 heavy (non-hydrogen) atoms. The van der Waals surface area contributed by atoms with Crippen LogP contribution in [-0.2, 0) is 4.74 Å². The van der Waals surface area contributed by atoms with Crippen molar-refractivity contribution in [2.24, 2.45) is 5.92 Å². The molecular formula is C14H22O3. The van der Waals surface area contributed by atoms with Crippen molar-refractivity contribution in [2.45, 2.75) is 33.0 Å². The average molecular weight is 238 g/mol. The van der Waals surface area contributed by atoms with Crippen molar-refractivity contribution < 1.29 is 14.6 Å². The third-order valence-corrected chi connectivity index (χ3v) is 2.78. The molecule has 2 atom stereocenters. The molecule has 0 heterocycles. The number of methoxy groups -OCH3 is 1. The second-order valence-electron chi connectivity index (χ2n) is 4.35. The molecular weight excluding hydrogens is 216 g/mol. The standard InChI is InChI=1S/C14H22O3/c1-5-17-14(10(2)3)13(15)11-8-6-7-9-12(11)16-4/h6-10,13-15H,5H2,1-4H3. The Morgan fingerprint density at radius 1 is 1.24 bits per heavy atom. The number of aliphatic hydroxyl groups is 1. The molecule has 0 aromatic heterocycles. The van der Waals surface area contributed by atoms with E-state index < -0.39 is 6.10 Å². The molecule has 0 saturated heterocycles. The van der Waals surface area contributed by atoms with Gasteiger partial charge in [0.25, 0.3) is 0 Å². The number of benzene rings is 1. The summed E-state index contributed by atoms with van der Waals surface area (Å²) in [6, 6.07) is 7.50. The molecule has 0 radical (unpaired) electrons. The topological polar surface area (TPSA) is 38.7 Å². The fourth-order valence-electron chi connectivity index (χ4n) is 1.93. The van der Waals surface area contributed by atoms with Gasteiger partial charge in [0.1, 0.15) is 11.9 Å². The minimum atomic E-state index is -0.661. The van der Waals surface area contributed by atoms with E-state index in [1.165, 1.54) is 0 Å². The molecule has 96 valence electrons. The second kappa shape index (κ2) is 6.62. The molecule has 0 aliphatic rings. The minimum absolute atomic E-state index is 0.212. The van der Waals surface area contributed by atoms with Crippen LogP contribution >= 0.6 is 0 Å². The predicted octanol–water partition coefficient (Wildman–Crippen LogP) is 2.79. The van der Waals surface area contributed by atoms with Gasteiger partial charge in [-0.1, -0.05) is 32.0 Å². The van der Waals surface area contributed by atoms with Gasteiger partial charge in [-0.2, -0.15) is 0 Å². The Hall–Kier alpha value is -1.06. The van der Waals surface area contributed by atoms with Crippen LogP contribution in [0, 0.1) is 5.92 Å². The zero-order valence-corrected chi connectivity index (χ0v) is 11.0. The minimum Gasteiger partial charge on any atom is -0.496 e. The summed E-state index contributed by atoms with van der Waals surface area (Å²) in [6.07, 6.45) is -0.873. The lowest BCUT2D eigenvalue weighted by atomic mass is 9.95. The third kappa shape index (κ3) is 3.45. The maximum Gasteiger partial charge on any atom is 0.124 e. The van der Waals surface area contributed by atoms with Crippen molar-refractivity contribution in [2.75, 3.05) is 13.7 Å². The van der Waals surface area contributed by atoms with E-state index in [1.807, 2.05) is 45.0 Å². The first kappa shape index (κ1) is 14.0. The molecule has 2 unspecified atom stereocenters. The molecule has 0 saturated carbocycles. The van der Waals surface area contributed by atoms with Gasteiger partial charge in [0.2, 0.25) is 0 Å². The molecule has 0 fully saturated rings. The first-order chi connectivity index (χ1) is 8.11. The highest BCUT2D eigenvalue weighted by Crippen LogP contribution is 2.31. The Balaban J connectivity index is 2.96. The van der Waals surface area contributed by atoms with Crippen LogP contribution in [0.15, 0.2) is 24.3 Å². The van der Waals surface area contributed by atoms with E-state index in [4.69, 9.17) is 9.47 Å². The number of aliphatic hydroxyl groups excluding tert-OH is 1. The summed E-state index contributed by atoms with van der Waals surface area (Å²) in [5.74, 6) is 0.945. The maximum atomic E-state index is 10.4. The van der Waals surface area contributed by atoms with E-state index in [-0.39, 0.29) is 12.0 Å². The number of hydrogen-bond acceptors (Lipinski definition) is 3.